The first kappa shape index (κ1) is 22.1. The zero-order valence-electron chi connectivity index (χ0n) is 18.4. The Morgan fingerprint density at radius 2 is 1.81 bits per heavy atom. The lowest BCUT2D eigenvalue weighted by Gasteiger charge is -2.12. The van der Waals surface area contributed by atoms with E-state index in [-0.39, 0.29) is 12.5 Å². The summed E-state index contributed by atoms with van der Waals surface area (Å²) in [4.78, 5) is 16.9. The number of carbonyl (C=O) groups is 1. The molecule has 1 amide bonds. The van der Waals surface area contributed by atoms with Crippen LogP contribution in [0.3, 0.4) is 0 Å². The molecule has 1 aromatic heterocycles. The van der Waals surface area contributed by atoms with Crippen molar-refractivity contribution in [1.29, 1.82) is 0 Å². The van der Waals surface area contributed by atoms with Crippen LogP contribution in [0, 0.1) is 13.8 Å². The normalized spacial score (nSPS) is 11.0. The Kier molecular flexibility index (Phi) is 6.61. The summed E-state index contributed by atoms with van der Waals surface area (Å²) in [5, 5.41) is 2.87. The third-order valence-electron chi connectivity index (χ3n) is 5.22. The van der Waals surface area contributed by atoms with E-state index < -0.39 is 0 Å². The number of carbonyl (C=O) groups excluding carboxylic acids is 1. The third kappa shape index (κ3) is 5.19. The number of halogens is 1. The van der Waals surface area contributed by atoms with Crippen LogP contribution in [-0.2, 0) is 17.6 Å². The summed E-state index contributed by atoms with van der Waals surface area (Å²) >= 11 is 3.50. The SMILES string of the molecule is CCc1ccc2oc(Cc3ccc(NC(=O)COc4c(C)cc(C)cc4Br)cc3)nc2c1. The summed E-state index contributed by atoms with van der Waals surface area (Å²) in [5.74, 6) is 1.15. The molecule has 0 fully saturated rings. The molecule has 0 saturated carbocycles. The molecule has 0 aliphatic rings. The Morgan fingerprint density at radius 1 is 1.06 bits per heavy atom. The number of nitrogens with zero attached hydrogens (tertiary/aromatic N) is 1. The number of amides is 1. The molecule has 6 heteroatoms. The van der Waals surface area contributed by atoms with Gasteiger partial charge < -0.3 is 14.5 Å². The molecule has 0 radical (unpaired) electrons. The van der Waals surface area contributed by atoms with Crippen LogP contribution in [-0.4, -0.2) is 17.5 Å². The summed E-state index contributed by atoms with van der Waals surface area (Å²) in [6, 6.07) is 17.8. The lowest BCUT2D eigenvalue weighted by Crippen LogP contribution is -2.20. The summed E-state index contributed by atoms with van der Waals surface area (Å²) in [6.07, 6.45) is 1.56. The number of nitrogens with one attached hydrogen (secondary N) is 1. The first-order valence-electron chi connectivity index (χ1n) is 10.6. The van der Waals surface area contributed by atoms with Gasteiger partial charge in [-0.15, -0.1) is 0 Å². The number of anilines is 1. The van der Waals surface area contributed by atoms with Gasteiger partial charge in [-0.25, -0.2) is 4.98 Å². The molecule has 0 saturated heterocycles. The lowest BCUT2D eigenvalue weighted by atomic mass is 10.1. The van der Waals surface area contributed by atoms with Crippen molar-refractivity contribution < 1.29 is 13.9 Å². The summed E-state index contributed by atoms with van der Waals surface area (Å²) in [7, 11) is 0. The maximum absolute atomic E-state index is 12.3. The first-order valence-corrected chi connectivity index (χ1v) is 11.4. The Hall–Kier alpha value is -3.12. The first-order chi connectivity index (χ1) is 15.4. The Labute approximate surface area is 195 Å². The minimum atomic E-state index is -0.213. The van der Waals surface area contributed by atoms with Crippen LogP contribution in [0.15, 0.2) is 63.5 Å². The van der Waals surface area contributed by atoms with Gasteiger partial charge in [0.2, 0.25) is 0 Å². The quantitative estimate of drug-likeness (QED) is 0.325. The monoisotopic (exact) mass is 492 g/mol. The number of aromatic nitrogens is 1. The maximum Gasteiger partial charge on any atom is 0.262 e. The van der Waals surface area contributed by atoms with E-state index in [0.29, 0.717) is 23.7 Å². The number of fused-ring (bicyclic) bond motifs is 1. The minimum absolute atomic E-state index is 0.0626. The van der Waals surface area contributed by atoms with Gasteiger partial charge in [0.15, 0.2) is 18.1 Å². The highest BCUT2D eigenvalue weighted by Gasteiger charge is 2.11. The molecule has 0 aliphatic heterocycles. The number of oxazole rings is 1. The largest absolute Gasteiger partial charge is 0.482 e. The molecule has 1 heterocycles. The van der Waals surface area contributed by atoms with Crippen LogP contribution < -0.4 is 10.1 Å². The average molecular weight is 493 g/mol. The van der Waals surface area contributed by atoms with Crippen molar-refractivity contribution in [3.8, 4) is 5.75 Å². The van der Waals surface area contributed by atoms with E-state index in [4.69, 9.17) is 9.15 Å². The predicted molar refractivity (Wildman–Crippen MR) is 130 cm³/mol. The van der Waals surface area contributed by atoms with Gasteiger partial charge >= 0.3 is 0 Å². The molecule has 0 unspecified atom stereocenters. The standard InChI is InChI=1S/C26H25BrN2O3/c1-4-18-7-10-23-22(13-18)29-25(32-23)14-19-5-8-20(9-6-19)28-24(30)15-31-26-17(3)11-16(2)12-21(26)27/h5-13H,4,14-15H2,1-3H3,(H,28,30). The molecule has 1 N–H and O–H groups in total. The summed E-state index contributed by atoms with van der Waals surface area (Å²) < 4.78 is 12.4. The van der Waals surface area contributed by atoms with Crippen molar-refractivity contribution >= 4 is 38.6 Å². The molecular weight excluding hydrogens is 468 g/mol. The smallest absolute Gasteiger partial charge is 0.262 e. The molecule has 0 spiro atoms. The van der Waals surface area contributed by atoms with Crippen LogP contribution in [0.1, 0.15) is 35.1 Å². The van der Waals surface area contributed by atoms with E-state index in [1.165, 1.54) is 5.56 Å². The van der Waals surface area contributed by atoms with E-state index in [1.54, 1.807) is 0 Å². The minimum Gasteiger partial charge on any atom is -0.482 e. The highest BCUT2D eigenvalue weighted by molar-refractivity contribution is 9.10. The number of hydrogen-bond acceptors (Lipinski definition) is 4. The number of benzene rings is 3. The van der Waals surface area contributed by atoms with Crippen molar-refractivity contribution in [2.45, 2.75) is 33.6 Å². The van der Waals surface area contributed by atoms with Gasteiger partial charge in [-0.1, -0.05) is 31.2 Å². The highest BCUT2D eigenvalue weighted by atomic mass is 79.9. The second kappa shape index (κ2) is 9.57. The molecule has 32 heavy (non-hydrogen) atoms. The van der Waals surface area contributed by atoms with Crippen molar-refractivity contribution in [3.05, 3.63) is 87.2 Å². The second-order valence-electron chi connectivity index (χ2n) is 7.87. The van der Waals surface area contributed by atoms with E-state index >= 15 is 0 Å². The summed E-state index contributed by atoms with van der Waals surface area (Å²) in [6.45, 7) is 6.04. The van der Waals surface area contributed by atoms with Gasteiger partial charge in [0.25, 0.3) is 5.91 Å². The van der Waals surface area contributed by atoms with E-state index in [1.807, 2.05) is 56.3 Å². The van der Waals surface area contributed by atoms with Gasteiger partial charge in [0.1, 0.15) is 11.3 Å². The number of rotatable bonds is 7. The fourth-order valence-electron chi connectivity index (χ4n) is 3.62. The van der Waals surface area contributed by atoms with Crippen molar-refractivity contribution in [1.82, 2.24) is 4.98 Å². The van der Waals surface area contributed by atoms with Crippen LogP contribution in [0.5, 0.6) is 5.75 Å². The molecule has 3 aromatic carbocycles. The topological polar surface area (TPSA) is 64.4 Å². The van der Waals surface area contributed by atoms with Crippen molar-refractivity contribution in [2.24, 2.45) is 0 Å². The molecule has 4 aromatic rings. The average Bonchev–Trinajstić information content (AvgIpc) is 3.15. The third-order valence-corrected chi connectivity index (χ3v) is 5.81. The van der Waals surface area contributed by atoms with E-state index in [2.05, 4.69) is 45.3 Å². The van der Waals surface area contributed by atoms with Crippen LogP contribution >= 0.6 is 15.9 Å². The molecule has 164 valence electrons. The summed E-state index contributed by atoms with van der Waals surface area (Å²) in [5.41, 5.74) is 6.82. The zero-order chi connectivity index (χ0) is 22.7. The van der Waals surface area contributed by atoms with Crippen molar-refractivity contribution in [2.75, 3.05) is 11.9 Å². The fourth-order valence-corrected chi connectivity index (χ4v) is 4.41. The molecular formula is C26H25BrN2O3. The zero-order valence-corrected chi connectivity index (χ0v) is 20.0. The molecule has 0 bridgehead atoms. The number of ether oxygens (including phenoxy) is 1. The van der Waals surface area contributed by atoms with Gasteiger partial charge in [-0.2, -0.15) is 0 Å². The molecule has 0 atom stereocenters. The van der Waals surface area contributed by atoms with Crippen molar-refractivity contribution in [3.63, 3.8) is 0 Å². The number of hydrogen-bond donors (Lipinski definition) is 1. The van der Waals surface area contributed by atoms with Gasteiger partial charge in [-0.3, -0.25) is 4.79 Å². The van der Waals surface area contributed by atoms with E-state index in [9.17, 15) is 4.79 Å². The van der Waals surface area contributed by atoms with E-state index in [0.717, 1.165) is 38.7 Å². The molecule has 5 nitrogen and oxygen atoms in total. The molecule has 4 rings (SSSR count). The predicted octanol–water partition coefficient (Wildman–Crippen LogP) is 6.38. The second-order valence-corrected chi connectivity index (χ2v) is 8.72. The van der Waals surface area contributed by atoms with Gasteiger partial charge in [0, 0.05) is 12.1 Å². The van der Waals surface area contributed by atoms with Gasteiger partial charge in [0.05, 0.1) is 4.47 Å². The van der Waals surface area contributed by atoms with Crippen LogP contribution in [0.4, 0.5) is 5.69 Å². The van der Waals surface area contributed by atoms with Crippen LogP contribution in [0.2, 0.25) is 0 Å². The Balaban J connectivity index is 1.35. The molecule has 0 aliphatic carbocycles. The van der Waals surface area contributed by atoms with Gasteiger partial charge in [-0.05, 0) is 88.8 Å². The fraction of sp³-hybridized carbons (Fsp3) is 0.231. The Bertz CT molecular complexity index is 1240. The van der Waals surface area contributed by atoms with Crippen LogP contribution in [0.25, 0.3) is 11.1 Å². The Morgan fingerprint density at radius 3 is 2.53 bits per heavy atom. The number of aryl methyl sites for hydroxylation is 3. The lowest BCUT2D eigenvalue weighted by molar-refractivity contribution is -0.118. The maximum atomic E-state index is 12.3. The highest BCUT2D eigenvalue weighted by Crippen LogP contribution is 2.30.